The molecule has 0 bridgehead atoms. The maximum absolute atomic E-state index is 5.84. The smallest absolute Gasteiger partial charge is 0.166 e. The van der Waals surface area contributed by atoms with E-state index in [2.05, 4.69) is 9.97 Å². The summed E-state index contributed by atoms with van der Waals surface area (Å²) in [4.78, 5) is 13.3. The van der Waals surface area contributed by atoms with Gasteiger partial charge in [0.05, 0.1) is 12.8 Å². The van der Waals surface area contributed by atoms with Gasteiger partial charge in [-0.2, -0.15) is 0 Å². The summed E-state index contributed by atoms with van der Waals surface area (Å²) in [6.45, 7) is 0. The van der Waals surface area contributed by atoms with E-state index in [-0.39, 0.29) is 0 Å². The molecule has 0 radical (unpaired) electrons. The molecule has 1 saturated carbocycles. The molecule has 0 saturated heterocycles. The van der Waals surface area contributed by atoms with E-state index >= 15 is 0 Å². The number of nitrogens with zero attached hydrogens (tertiary/aromatic N) is 3. The lowest BCUT2D eigenvalue weighted by atomic mass is 9.98. The Morgan fingerprint density at radius 2 is 1.96 bits per heavy atom. The molecule has 2 aromatic heterocycles. The van der Waals surface area contributed by atoms with Gasteiger partial charge in [0.2, 0.25) is 0 Å². The molecular weight excluding hydrogens is 288 g/mol. The highest BCUT2D eigenvalue weighted by Crippen LogP contribution is 2.43. The second-order valence-electron chi connectivity index (χ2n) is 5.93. The van der Waals surface area contributed by atoms with Crippen LogP contribution in [0.15, 0.2) is 41.8 Å². The Hall–Kier alpha value is -2.69. The molecule has 23 heavy (non-hydrogen) atoms. The number of pyridine rings is 2. The van der Waals surface area contributed by atoms with E-state index in [4.69, 9.17) is 15.5 Å². The van der Waals surface area contributed by atoms with Crippen LogP contribution in [0, 0.1) is 5.92 Å². The monoisotopic (exact) mass is 306 g/mol. The van der Waals surface area contributed by atoms with E-state index in [1.165, 1.54) is 24.1 Å². The van der Waals surface area contributed by atoms with Crippen LogP contribution in [0.25, 0.3) is 11.3 Å². The summed E-state index contributed by atoms with van der Waals surface area (Å²) in [5.41, 5.74) is 11.4. The normalized spacial score (nSPS) is 17.3. The van der Waals surface area contributed by atoms with E-state index in [1.54, 1.807) is 25.7 Å². The van der Waals surface area contributed by atoms with E-state index < -0.39 is 0 Å². The van der Waals surface area contributed by atoms with Crippen molar-refractivity contribution in [2.45, 2.75) is 19.3 Å². The van der Waals surface area contributed by atoms with Crippen molar-refractivity contribution in [2.75, 3.05) is 12.8 Å². The number of ether oxygens (including phenoxy) is 1. The van der Waals surface area contributed by atoms with E-state index in [0.717, 1.165) is 23.2 Å². The summed E-state index contributed by atoms with van der Waals surface area (Å²) in [5.74, 6) is 1.65. The first-order valence-electron chi connectivity index (χ1n) is 7.77. The lowest BCUT2D eigenvalue weighted by Gasteiger charge is -2.09. The molecule has 5 nitrogen and oxygen atoms in total. The molecule has 0 amide bonds. The second-order valence-corrected chi connectivity index (χ2v) is 5.93. The van der Waals surface area contributed by atoms with Crippen molar-refractivity contribution in [3.8, 4) is 5.75 Å². The number of hydrogen-bond donors (Lipinski definition) is 1. The summed E-state index contributed by atoms with van der Waals surface area (Å²) in [5, 5.41) is 0. The SMILES string of the molecule is COc1cc(C2=C(c3ccncc3)N=C(C3CC3)C2)cnc1N. The first kappa shape index (κ1) is 13.9. The maximum Gasteiger partial charge on any atom is 0.166 e. The molecule has 2 N–H and O–H groups in total. The first-order chi connectivity index (χ1) is 11.3. The van der Waals surface area contributed by atoms with Crippen molar-refractivity contribution < 1.29 is 4.74 Å². The van der Waals surface area contributed by atoms with E-state index in [0.29, 0.717) is 17.5 Å². The van der Waals surface area contributed by atoms with Crippen molar-refractivity contribution in [3.63, 3.8) is 0 Å². The number of nitrogens with two attached hydrogens (primary N) is 1. The Labute approximate surface area is 134 Å². The molecule has 1 aliphatic heterocycles. The molecule has 2 aromatic rings. The van der Waals surface area contributed by atoms with Gasteiger partial charge in [-0.15, -0.1) is 0 Å². The predicted molar refractivity (Wildman–Crippen MR) is 91.0 cm³/mol. The van der Waals surface area contributed by atoms with Gasteiger partial charge in [0.15, 0.2) is 11.6 Å². The van der Waals surface area contributed by atoms with E-state index in [1.807, 2.05) is 18.2 Å². The molecule has 1 aliphatic carbocycles. The van der Waals surface area contributed by atoms with Crippen LogP contribution < -0.4 is 10.5 Å². The van der Waals surface area contributed by atoms with Crippen LogP contribution in [0.4, 0.5) is 5.82 Å². The van der Waals surface area contributed by atoms with Crippen LogP contribution in [-0.2, 0) is 0 Å². The van der Waals surface area contributed by atoms with Crippen LogP contribution in [-0.4, -0.2) is 22.8 Å². The molecule has 116 valence electrons. The van der Waals surface area contributed by atoms with Crippen LogP contribution in [0.1, 0.15) is 30.4 Å². The molecule has 4 rings (SSSR count). The Morgan fingerprint density at radius 3 is 2.65 bits per heavy atom. The average molecular weight is 306 g/mol. The highest BCUT2D eigenvalue weighted by atomic mass is 16.5. The quantitative estimate of drug-likeness (QED) is 0.941. The van der Waals surface area contributed by atoms with Gasteiger partial charge in [0, 0.05) is 41.8 Å². The number of rotatable bonds is 4. The van der Waals surface area contributed by atoms with Gasteiger partial charge in [0.25, 0.3) is 0 Å². The van der Waals surface area contributed by atoms with Gasteiger partial charge >= 0.3 is 0 Å². The zero-order valence-corrected chi connectivity index (χ0v) is 13.0. The third kappa shape index (κ3) is 2.59. The lowest BCUT2D eigenvalue weighted by molar-refractivity contribution is 0.415. The molecular formula is C18H18N4O. The van der Waals surface area contributed by atoms with Gasteiger partial charge < -0.3 is 10.5 Å². The van der Waals surface area contributed by atoms with Crippen molar-refractivity contribution in [3.05, 3.63) is 47.9 Å². The molecule has 3 heterocycles. The van der Waals surface area contributed by atoms with Crippen molar-refractivity contribution >= 4 is 22.8 Å². The number of nitrogen functional groups attached to an aromatic ring is 1. The predicted octanol–water partition coefficient (Wildman–Crippen LogP) is 3.19. The number of anilines is 1. The number of hydrogen-bond acceptors (Lipinski definition) is 5. The van der Waals surface area contributed by atoms with Gasteiger partial charge in [0.1, 0.15) is 0 Å². The maximum atomic E-state index is 5.84. The second kappa shape index (κ2) is 5.50. The fourth-order valence-corrected chi connectivity index (χ4v) is 2.94. The Morgan fingerprint density at radius 1 is 1.17 bits per heavy atom. The minimum absolute atomic E-state index is 0.406. The summed E-state index contributed by atoms with van der Waals surface area (Å²) in [6, 6.07) is 5.94. The summed E-state index contributed by atoms with van der Waals surface area (Å²) in [6.07, 6.45) is 8.77. The lowest BCUT2D eigenvalue weighted by Crippen LogP contribution is -2.00. The third-order valence-corrected chi connectivity index (χ3v) is 4.35. The molecule has 1 fully saturated rings. The number of aromatic nitrogens is 2. The molecule has 0 unspecified atom stereocenters. The van der Waals surface area contributed by atoms with Crippen LogP contribution in [0.5, 0.6) is 5.75 Å². The van der Waals surface area contributed by atoms with E-state index in [9.17, 15) is 0 Å². The fourth-order valence-electron chi connectivity index (χ4n) is 2.94. The van der Waals surface area contributed by atoms with Crippen molar-refractivity contribution in [1.82, 2.24) is 9.97 Å². The van der Waals surface area contributed by atoms with Crippen LogP contribution >= 0.6 is 0 Å². The fraction of sp³-hybridized carbons (Fsp3) is 0.278. The van der Waals surface area contributed by atoms with Crippen LogP contribution in [0.3, 0.4) is 0 Å². The summed E-state index contributed by atoms with van der Waals surface area (Å²) < 4.78 is 5.32. The topological polar surface area (TPSA) is 73.4 Å². The summed E-state index contributed by atoms with van der Waals surface area (Å²) in [7, 11) is 1.61. The summed E-state index contributed by atoms with van der Waals surface area (Å²) >= 11 is 0. The molecule has 0 spiro atoms. The Bertz CT molecular complexity index is 807. The molecule has 0 atom stereocenters. The number of methoxy groups -OCH3 is 1. The molecule has 2 aliphatic rings. The van der Waals surface area contributed by atoms with Crippen molar-refractivity contribution in [2.24, 2.45) is 10.9 Å². The molecule has 0 aromatic carbocycles. The molecule has 5 heteroatoms. The van der Waals surface area contributed by atoms with Gasteiger partial charge in [-0.25, -0.2) is 4.98 Å². The Balaban J connectivity index is 1.80. The van der Waals surface area contributed by atoms with Gasteiger partial charge in [-0.05, 0) is 42.5 Å². The zero-order valence-electron chi connectivity index (χ0n) is 13.0. The standard InChI is InChI=1S/C18H18N4O/c1-23-16-8-13(10-21-18(16)19)14-9-15(11-2-3-11)22-17(14)12-4-6-20-7-5-12/h4-8,10-11H,2-3,9H2,1H3,(H2,19,21). The minimum Gasteiger partial charge on any atom is -0.493 e. The average Bonchev–Trinajstić information content (AvgIpc) is 3.35. The number of allylic oxidation sites excluding steroid dienone is 1. The highest BCUT2D eigenvalue weighted by molar-refractivity contribution is 6.11. The van der Waals surface area contributed by atoms with Gasteiger partial charge in [-0.3, -0.25) is 9.98 Å². The van der Waals surface area contributed by atoms with Crippen LogP contribution in [0.2, 0.25) is 0 Å². The zero-order chi connectivity index (χ0) is 15.8. The highest BCUT2D eigenvalue weighted by Gasteiger charge is 2.32. The first-order valence-corrected chi connectivity index (χ1v) is 7.77. The van der Waals surface area contributed by atoms with Gasteiger partial charge in [-0.1, -0.05) is 0 Å². The number of aliphatic imine (C=N–C) groups is 1. The van der Waals surface area contributed by atoms with Crippen molar-refractivity contribution in [1.29, 1.82) is 0 Å². The largest absolute Gasteiger partial charge is 0.493 e. The minimum atomic E-state index is 0.406. The Kier molecular flexibility index (Phi) is 3.33. The third-order valence-electron chi connectivity index (χ3n) is 4.35.